The molecule has 1 aliphatic heterocycles. The van der Waals surface area contributed by atoms with E-state index in [9.17, 15) is 4.79 Å². The molecule has 3 aromatic rings. The molecule has 0 spiro atoms. The summed E-state index contributed by atoms with van der Waals surface area (Å²) in [4.78, 5) is 22.8. The highest BCUT2D eigenvalue weighted by atomic mass is 35.5. The number of nitrogens with zero attached hydrogens (tertiary/aromatic N) is 3. The molecule has 1 saturated heterocycles. The zero-order chi connectivity index (χ0) is 23.2. The van der Waals surface area contributed by atoms with Crippen molar-refractivity contribution in [2.45, 2.75) is 29.8 Å². The van der Waals surface area contributed by atoms with Gasteiger partial charge in [-0.05, 0) is 36.1 Å². The molecule has 0 bridgehead atoms. The lowest BCUT2D eigenvalue weighted by atomic mass is 10.0. The van der Waals surface area contributed by atoms with Crippen LogP contribution in [-0.4, -0.2) is 40.7 Å². The Kier molecular flexibility index (Phi) is 8.29. The number of carbonyl (C=O) groups is 1. The molecule has 5 nitrogen and oxygen atoms in total. The van der Waals surface area contributed by atoms with E-state index in [2.05, 4.69) is 20.0 Å². The van der Waals surface area contributed by atoms with E-state index in [0.29, 0.717) is 21.5 Å². The zero-order valence-electron chi connectivity index (χ0n) is 17.8. The van der Waals surface area contributed by atoms with Gasteiger partial charge in [0, 0.05) is 31.1 Å². The van der Waals surface area contributed by atoms with Gasteiger partial charge in [0.15, 0.2) is 10.0 Å². The molecule has 2 heterocycles. The van der Waals surface area contributed by atoms with Crippen LogP contribution in [-0.2, 0) is 11.3 Å². The minimum atomic E-state index is 0.0427. The largest absolute Gasteiger partial charge is 0.353 e. The van der Waals surface area contributed by atoms with Crippen molar-refractivity contribution < 1.29 is 4.79 Å². The standard InChI is InChI=1S/C24H22Cl2N4OS2/c1-27-18-5-3-17(4-6-18)22-14-32-24(29-22)33-15-23(31)28-19-8-10-30(11-9-19)13-16-2-7-20(25)21(26)12-16/h2-7,12,14,19H,8-11,13,15H2,(H,28,31). The van der Waals surface area contributed by atoms with Gasteiger partial charge in [0.1, 0.15) is 0 Å². The van der Waals surface area contributed by atoms with Crippen molar-refractivity contribution in [2.75, 3.05) is 18.8 Å². The third kappa shape index (κ3) is 6.72. The van der Waals surface area contributed by atoms with E-state index < -0.39 is 0 Å². The number of thiazole rings is 1. The predicted octanol–water partition coefficient (Wildman–Crippen LogP) is 6.54. The molecule has 0 unspecified atom stereocenters. The molecule has 0 atom stereocenters. The van der Waals surface area contributed by atoms with Gasteiger partial charge >= 0.3 is 0 Å². The van der Waals surface area contributed by atoms with Crippen molar-refractivity contribution in [2.24, 2.45) is 0 Å². The summed E-state index contributed by atoms with van der Waals surface area (Å²) in [6.07, 6.45) is 1.86. The molecular formula is C24H22Cl2N4OS2. The third-order valence-electron chi connectivity index (χ3n) is 5.44. The molecule has 0 aliphatic carbocycles. The summed E-state index contributed by atoms with van der Waals surface area (Å²) in [5.41, 5.74) is 3.60. The van der Waals surface area contributed by atoms with Crippen LogP contribution in [0.1, 0.15) is 18.4 Å². The SMILES string of the molecule is [C-]#[N+]c1ccc(-c2csc(SCC(=O)NC3CCN(Cc4ccc(Cl)c(Cl)c4)CC3)n2)cc1. The Bertz CT molecular complexity index is 1150. The van der Waals surface area contributed by atoms with E-state index in [0.717, 1.165) is 53.6 Å². The van der Waals surface area contributed by atoms with Crippen LogP contribution in [0.15, 0.2) is 52.2 Å². The van der Waals surface area contributed by atoms with Crippen LogP contribution in [0.25, 0.3) is 16.1 Å². The van der Waals surface area contributed by atoms with E-state index in [4.69, 9.17) is 29.8 Å². The third-order valence-corrected chi connectivity index (χ3v) is 8.20. The van der Waals surface area contributed by atoms with Crippen LogP contribution >= 0.6 is 46.3 Å². The van der Waals surface area contributed by atoms with Gasteiger partial charge in [-0.2, -0.15) is 0 Å². The van der Waals surface area contributed by atoms with Crippen molar-refractivity contribution in [3.8, 4) is 11.3 Å². The molecule has 0 saturated carbocycles. The number of carbonyl (C=O) groups excluding carboxylic acids is 1. The summed E-state index contributed by atoms with van der Waals surface area (Å²) in [5.74, 6) is 0.397. The minimum Gasteiger partial charge on any atom is -0.353 e. The topological polar surface area (TPSA) is 49.6 Å². The van der Waals surface area contributed by atoms with Gasteiger partial charge in [-0.1, -0.05) is 65.3 Å². The summed E-state index contributed by atoms with van der Waals surface area (Å²) in [6, 6.07) is 13.3. The first kappa shape index (κ1) is 24.1. The quantitative estimate of drug-likeness (QED) is 0.286. The summed E-state index contributed by atoms with van der Waals surface area (Å²) < 4.78 is 0.867. The number of benzene rings is 2. The Labute approximate surface area is 211 Å². The van der Waals surface area contributed by atoms with E-state index in [-0.39, 0.29) is 11.9 Å². The van der Waals surface area contributed by atoms with Crippen LogP contribution in [0.4, 0.5) is 5.69 Å². The molecule has 9 heteroatoms. The summed E-state index contributed by atoms with van der Waals surface area (Å²) >= 11 is 15.1. The molecule has 1 aromatic heterocycles. The fourth-order valence-electron chi connectivity index (χ4n) is 3.69. The number of hydrogen-bond acceptors (Lipinski definition) is 5. The van der Waals surface area contributed by atoms with Gasteiger partial charge in [0.2, 0.25) is 5.91 Å². The van der Waals surface area contributed by atoms with E-state index in [1.54, 1.807) is 12.1 Å². The van der Waals surface area contributed by atoms with Crippen molar-refractivity contribution in [3.63, 3.8) is 0 Å². The molecule has 1 N–H and O–H groups in total. The Balaban J connectivity index is 1.19. The molecule has 2 aromatic carbocycles. The number of piperidine rings is 1. The normalized spacial score (nSPS) is 14.7. The van der Waals surface area contributed by atoms with Gasteiger partial charge < -0.3 is 5.32 Å². The van der Waals surface area contributed by atoms with Gasteiger partial charge in [0.05, 0.1) is 28.1 Å². The highest BCUT2D eigenvalue weighted by molar-refractivity contribution is 8.01. The molecule has 1 amide bonds. The molecule has 1 aliphatic rings. The van der Waals surface area contributed by atoms with Gasteiger partial charge in [-0.3, -0.25) is 9.69 Å². The van der Waals surface area contributed by atoms with Gasteiger partial charge in [0.25, 0.3) is 0 Å². The lowest BCUT2D eigenvalue weighted by Gasteiger charge is -2.32. The number of amides is 1. The maximum absolute atomic E-state index is 12.4. The Morgan fingerprint density at radius 2 is 1.94 bits per heavy atom. The fraction of sp³-hybridized carbons (Fsp3) is 0.292. The monoisotopic (exact) mass is 516 g/mol. The van der Waals surface area contributed by atoms with E-state index in [1.165, 1.54) is 23.1 Å². The van der Waals surface area contributed by atoms with E-state index in [1.807, 2.05) is 35.7 Å². The highest BCUT2D eigenvalue weighted by Gasteiger charge is 2.21. The Hall–Kier alpha value is -2.08. The van der Waals surface area contributed by atoms with Crippen molar-refractivity contribution in [1.82, 2.24) is 15.2 Å². The smallest absolute Gasteiger partial charge is 0.230 e. The summed E-state index contributed by atoms with van der Waals surface area (Å²) in [6.45, 7) is 9.73. The van der Waals surface area contributed by atoms with Crippen LogP contribution in [0.3, 0.4) is 0 Å². The zero-order valence-corrected chi connectivity index (χ0v) is 20.9. The molecular weight excluding hydrogens is 495 g/mol. The second-order valence-electron chi connectivity index (χ2n) is 7.81. The van der Waals surface area contributed by atoms with Crippen molar-refractivity contribution in [3.05, 3.63) is 74.9 Å². The predicted molar refractivity (Wildman–Crippen MR) is 137 cm³/mol. The van der Waals surface area contributed by atoms with Crippen molar-refractivity contribution >= 4 is 57.9 Å². The maximum Gasteiger partial charge on any atom is 0.230 e. The van der Waals surface area contributed by atoms with Gasteiger partial charge in [-0.15, -0.1) is 11.3 Å². The second-order valence-corrected chi connectivity index (χ2v) is 10.7. The van der Waals surface area contributed by atoms with Crippen LogP contribution in [0, 0.1) is 6.57 Å². The summed E-state index contributed by atoms with van der Waals surface area (Å²) in [5, 5.41) is 6.30. The molecule has 4 rings (SSSR count). The fourth-order valence-corrected chi connectivity index (χ4v) is 5.66. The van der Waals surface area contributed by atoms with Gasteiger partial charge in [-0.25, -0.2) is 9.83 Å². The molecule has 33 heavy (non-hydrogen) atoms. The lowest BCUT2D eigenvalue weighted by Crippen LogP contribution is -2.44. The number of hydrogen-bond donors (Lipinski definition) is 1. The van der Waals surface area contributed by atoms with Crippen LogP contribution in [0.2, 0.25) is 10.0 Å². The average molecular weight is 518 g/mol. The number of halogens is 2. The highest BCUT2D eigenvalue weighted by Crippen LogP contribution is 2.29. The molecule has 0 radical (unpaired) electrons. The first-order valence-electron chi connectivity index (χ1n) is 10.5. The Morgan fingerprint density at radius 3 is 2.64 bits per heavy atom. The van der Waals surface area contributed by atoms with Crippen molar-refractivity contribution in [1.29, 1.82) is 0 Å². The maximum atomic E-state index is 12.4. The Morgan fingerprint density at radius 1 is 1.18 bits per heavy atom. The number of likely N-dealkylation sites (tertiary alicyclic amines) is 1. The summed E-state index contributed by atoms with van der Waals surface area (Å²) in [7, 11) is 0. The van der Waals surface area contributed by atoms with Crippen LogP contribution in [0.5, 0.6) is 0 Å². The molecule has 170 valence electrons. The van der Waals surface area contributed by atoms with E-state index >= 15 is 0 Å². The lowest BCUT2D eigenvalue weighted by molar-refractivity contribution is -0.119. The number of aromatic nitrogens is 1. The average Bonchev–Trinajstić information content (AvgIpc) is 3.31. The first-order chi connectivity index (χ1) is 16.0. The second kappa shape index (κ2) is 11.4. The minimum absolute atomic E-state index is 0.0427. The van der Waals surface area contributed by atoms with Crippen LogP contribution < -0.4 is 5.32 Å². The first-order valence-corrected chi connectivity index (χ1v) is 13.1. The number of rotatable bonds is 7. The number of thioether (sulfide) groups is 1. The molecule has 1 fully saturated rings. The number of nitrogens with one attached hydrogen (secondary N) is 1.